The molecule has 1 saturated heterocycles. The largest absolute Gasteiger partial charge is 0.382 e. The minimum absolute atomic E-state index is 0.0573. The smallest absolute Gasteiger partial charge is 0.242 e. The topological polar surface area (TPSA) is 59.4 Å². The summed E-state index contributed by atoms with van der Waals surface area (Å²) in [5.41, 5.74) is 0.669. The average molecular weight is 280 g/mol. The van der Waals surface area contributed by atoms with Crippen LogP contribution in [-0.4, -0.2) is 59.8 Å². The lowest BCUT2D eigenvalue weighted by molar-refractivity contribution is -0.134. The lowest BCUT2D eigenvalue weighted by atomic mass is 9.95. The first-order valence-electron chi connectivity index (χ1n) is 7.05. The number of imidazole rings is 1. The van der Waals surface area contributed by atoms with Gasteiger partial charge in [-0.2, -0.15) is 0 Å². The molecule has 1 atom stereocenters. The monoisotopic (exact) mass is 280 g/mol. The third kappa shape index (κ3) is 2.71. The van der Waals surface area contributed by atoms with Gasteiger partial charge in [0, 0.05) is 46.1 Å². The van der Waals surface area contributed by atoms with Gasteiger partial charge in [0.1, 0.15) is 5.54 Å². The molecule has 0 aliphatic carbocycles. The zero-order chi connectivity index (χ0) is 14.6. The number of hydrogen-bond donors (Lipinski definition) is 1. The van der Waals surface area contributed by atoms with E-state index >= 15 is 0 Å². The van der Waals surface area contributed by atoms with Gasteiger partial charge in [0.15, 0.2) is 0 Å². The van der Waals surface area contributed by atoms with Crippen LogP contribution in [0.4, 0.5) is 0 Å². The first-order chi connectivity index (χ1) is 9.64. The molecule has 1 aromatic rings. The first kappa shape index (κ1) is 15.0. The van der Waals surface area contributed by atoms with Crippen LogP contribution >= 0.6 is 0 Å². The minimum atomic E-state index is -0.512. The number of carbonyl (C=O) groups excluding carboxylic acids is 1. The standard InChI is InChI=1S/C14H24N4O2/c1-15-13(19)14(10-20-3)6-4-7-18(14)8-5-12-9-16-11-17(12)2/h9,11H,4-8,10H2,1-3H3,(H,15,19). The fraction of sp³-hybridized carbons (Fsp3) is 0.714. The van der Waals surface area contributed by atoms with Crippen LogP contribution in [0.1, 0.15) is 18.5 Å². The lowest BCUT2D eigenvalue weighted by Gasteiger charge is -2.36. The summed E-state index contributed by atoms with van der Waals surface area (Å²) < 4.78 is 7.34. The molecule has 1 unspecified atom stereocenters. The molecule has 1 N–H and O–H groups in total. The van der Waals surface area contributed by atoms with Gasteiger partial charge < -0.3 is 14.6 Å². The summed E-state index contributed by atoms with van der Waals surface area (Å²) in [7, 11) is 5.34. The third-order valence-corrected chi connectivity index (χ3v) is 4.21. The van der Waals surface area contributed by atoms with Crippen molar-refractivity contribution in [1.29, 1.82) is 0 Å². The second kappa shape index (κ2) is 6.37. The van der Waals surface area contributed by atoms with Crippen LogP contribution in [0, 0.1) is 0 Å². The molecule has 6 nitrogen and oxygen atoms in total. The average Bonchev–Trinajstić information content (AvgIpc) is 3.03. The molecule has 1 aliphatic heterocycles. The van der Waals surface area contributed by atoms with Crippen LogP contribution in [0.5, 0.6) is 0 Å². The summed E-state index contributed by atoms with van der Waals surface area (Å²) in [5.74, 6) is 0.0573. The highest BCUT2D eigenvalue weighted by Crippen LogP contribution is 2.30. The summed E-state index contributed by atoms with van der Waals surface area (Å²) >= 11 is 0. The van der Waals surface area contributed by atoms with Gasteiger partial charge in [0.05, 0.1) is 12.9 Å². The van der Waals surface area contributed by atoms with E-state index in [2.05, 4.69) is 15.2 Å². The lowest BCUT2D eigenvalue weighted by Crippen LogP contribution is -2.58. The molecule has 2 heterocycles. The van der Waals surface area contributed by atoms with Crippen molar-refractivity contribution >= 4 is 5.91 Å². The molecular weight excluding hydrogens is 256 g/mol. The molecular formula is C14H24N4O2. The first-order valence-corrected chi connectivity index (χ1v) is 7.05. The van der Waals surface area contributed by atoms with E-state index in [1.807, 2.05) is 17.8 Å². The highest BCUT2D eigenvalue weighted by Gasteiger charge is 2.46. The van der Waals surface area contributed by atoms with Gasteiger partial charge in [-0.15, -0.1) is 0 Å². The van der Waals surface area contributed by atoms with E-state index in [9.17, 15) is 4.79 Å². The molecule has 1 aliphatic rings. The van der Waals surface area contributed by atoms with Crippen LogP contribution in [0.3, 0.4) is 0 Å². The van der Waals surface area contributed by atoms with Crippen molar-refractivity contribution in [1.82, 2.24) is 19.8 Å². The van der Waals surface area contributed by atoms with Crippen LogP contribution in [0.15, 0.2) is 12.5 Å². The molecule has 0 radical (unpaired) electrons. The Morgan fingerprint density at radius 2 is 2.40 bits per heavy atom. The molecule has 2 rings (SSSR count). The zero-order valence-electron chi connectivity index (χ0n) is 12.6. The Labute approximate surface area is 120 Å². The molecule has 1 aromatic heterocycles. The number of likely N-dealkylation sites (N-methyl/N-ethyl adjacent to an activating group) is 1. The maximum absolute atomic E-state index is 12.3. The molecule has 0 aromatic carbocycles. The van der Waals surface area contributed by atoms with Crippen LogP contribution < -0.4 is 5.32 Å². The van der Waals surface area contributed by atoms with Gasteiger partial charge in [0.2, 0.25) is 5.91 Å². The van der Waals surface area contributed by atoms with E-state index in [1.165, 1.54) is 5.69 Å². The fourth-order valence-electron chi connectivity index (χ4n) is 3.09. The highest BCUT2D eigenvalue weighted by molar-refractivity contribution is 5.86. The molecule has 0 saturated carbocycles. The van der Waals surface area contributed by atoms with Crippen molar-refractivity contribution in [3.8, 4) is 0 Å². The molecule has 1 amide bonds. The minimum Gasteiger partial charge on any atom is -0.382 e. The molecule has 112 valence electrons. The predicted molar refractivity (Wildman–Crippen MR) is 76.4 cm³/mol. The fourth-order valence-corrected chi connectivity index (χ4v) is 3.09. The molecule has 20 heavy (non-hydrogen) atoms. The summed E-state index contributed by atoms with van der Waals surface area (Å²) in [6, 6.07) is 0. The van der Waals surface area contributed by atoms with E-state index in [1.54, 1.807) is 20.5 Å². The number of rotatable bonds is 6. The maximum Gasteiger partial charge on any atom is 0.242 e. The van der Waals surface area contributed by atoms with Gasteiger partial charge in [-0.25, -0.2) is 4.98 Å². The van der Waals surface area contributed by atoms with Crippen LogP contribution in [0.2, 0.25) is 0 Å². The Hall–Kier alpha value is -1.40. The van der Waals surface area contributed by atoms with Gasteiger partial charge in [-0.05, 0) is 19.4 Å². The quantitative estimate of drug-likeness (QED) is 0.808. The van der Waals surface area contributed by atoms with E-state index in [0.29, 0.717) is 6.61 Å². The maximum atomic E-state index is 12.3. The number of methoxy groups -OCH3 is 1. The molecule has 0 spiro atoms. The second-order valence-electron chi connectivity index (χ2n) is 5.38. The number of nitrogens with one attached hydrogen (secondary N) is 1. The number of aromatic nitrogens is 2. The molecule has 1 fully saturated rings. The van der Waals surface area contributed by atoms with Crippen molar-refractivity contribution < 1.29 is 9.53 Å². The second-order valence-corrected chi connectivity index (χ2v) is 5.38. The Balaban J connectivity index is 2.08. The number of nitrogens with zero attached hydrogens (tertiary/aromatic N) is 3. The molecule has 0 bridgehead atoms. The highest BCUT2D eigenvalue weighted by atomic mass is 16.5. The zero-order valence-corrected chi connectivity index (χ0v) is 12.6. The van der Waals surface area contributed by atoms with Gasteiger partial charge in [0.25, 0.3) is 0 Å². The van der Waals surface area contributed by atoms with E-state index in [-0.39, 0.29) is 5.91 Å². The van der Waals surface area contributed by atoms with Gasteiger partial charge in [-0.1, -0.05) is 0 Å². The van der Waals surface area contributed by atoms with Crippen molar-refractivity contribution in [3.05, 3.63) is 18.2 Å². The number of carbonyl (C=O) groups is 1. The SMILES string of the molecule is CNC(=O)C1(COC)CCCN1CCc1cncn1C. The summed E-state index contributed by atoms with van der Waals surface area (Å²) in [4.78, 5) is 18.7. The van der Waals surface area contributed by atoms with Crippen molar-refractivity contribution in [3.63, 3.8) is 0 Å². The van der Waals surface area contributed by atoms with Crippen molar-refractivity contribution in [2.75, 3.05) is 33.9 Å². The van der Waals surface area contributed by atoms with E-state index in [0.717, 1.165) is 32.4 Å². The Morgan fingerprint density at radius 1 is 1.60 bits per heavy atom. The van der Waals surface area contributed by atoms with Gasteiger partial charge >= 0.3 is 0 Å². The number of aryl methyl sites for hydroxylation is 1. The van der Waals surface area contributed by atoms with Crippen molar-refractivity contribution in [2.24, 2.45) is 7.05 Å². The Kier molecular flexibility index (Phi) is 4.77. The van der Waals surface area contributed by atoms with Crippen LogP contribution in [-0.2, 0) is 23.0 Å². The van der Waals surface area contributed by atoms with E-state index < -0.39 is 5.54 Å². The number of amides is 1. The number of ether oxygens (including phenoxy) is 1. The summed E-state index contributed by atoms with van der Waals surface area (Å²) in [6.45, 7) is 2.23. The predicted octanol–water partition coefficient (Wildman–Crippen LogP) is 0.190. The van der Waals surface area contributed by atoms with Crippen LogP contribution in [0.25, 0.3) is 0 Å². The molecule has 6 heteroatoms. The van der Waals surface area contributed by atoms with E-state index in [4.69, 9.17) is 4.74 Å². The van der Waals surface area contributed by atoms with Gasteiger partial charge in [-0.3, -0.25) is 9.69 Å². The number of hydrogen-bond acceptors (Lipinski definition) is 4. The Bertz CT molecular complexity index is 460. The summed E-state index contributed by atoms with van der Waals surface area (Å²) in [6.07, 6.45) is 6.46. The normalized spacial score (nSPS) is 23.1. The van der Waals surface area contributed by atoms with Crippen molar-refractivity contribution in [2.45, 2.75) is 24.8 Å². The Morgan fingerprint density at radius 3 is 3.00 bits per heavy atom. The number of likely N-dealkylation sites (tertiary alicyclic amines) is 1. The summed E-state index contributed by atoms with van der Waals surface area (Å²) in [5, 5.41) is 2.79. The third-order valence-electron chi connectivity index (χ3n) is 4.21.